The molecule has 1 N–H and O–H groups in total. The molecule has 2 aromatic carbocycles. The number of nitrogens with zero attached hydrogens (tertiary/aromatic N) is 1. The minimum Gasteiger partial charge on any atom is -0.508 e. The van der Waals surface area contributed by atoms with Crippen molar-refractivity contribution in [3.05, 3.63) is 52.6 Å². The number of hydrogen-bond acceptors (Lipinski definition) is 5. The summed E-state index contributed by atoms with van der Waals surface area (Å²) in [5.74, 6) is 4.04. The molecule has 0 saturated heterocycles. The Morgan fingerprint density at radius 2 is 1.90 bits per heavy atom. The smallest absolute Gasteiger partial charge is 0.222 e. The van der Waals surface area contributed by atoms with Crippen LogP contribution in [0.15, 0.2) is 30.3 Å². The average molecular weight is 562 g/mol. The highest BCUT2D eigenvalue weighted by molar-refractivity contribution is 5.87. The van der Waals surface area contributed by atoms with Gasteiger partial charge in [0.2, 0.25) is 5.91 Å². The third kappa shape index (κ3) is 5.59. The Kier molecular flexibility index (Phi) is 8.68. The van der Waals surface area contributed by atoms with Crippen molar-refractivity contribution in [1.29, 1.82) is 0 Å². The van der Waals surface area contributed by atoms with Gasteiger partial charge in [-0.1, -0.05) is 32.4 Å². The maximum absolute atomic E-state index is 13.4. The van der Waals surface area contributed by atoms with E-state index in [4.69, 9.17) is 9.47 Å². The fourth-order valence-corrected chi connectivity index (χ4v) is 8.50. The second kappa shape index (κ2) is 12.1. The summed E-state index contributed by atoms with van der Waals surface area (Å²) >= 11 is 0. The normalized spacial score (nSPS) is 26.6. The van der Waals surface area contributed by atoms with Crippen LogP contribution in [0.1, 0.15) is 93.4 Å². The Hall–Kier alpha value is -3.02. The van der Waals surface area contributed by atoms with Crippen molar-refractivity contribution in [1.82, 2.24) is 4.90 Å². The first kappa shape index (κ1) is 29.5. The largest absolute Gasteiger partial charge is 0.508 e. The lowest BCUT2D eigenvalue weighted by atomic mass is 9.54. The van der Waals surface area contributed by atoms with E-state index >= 15 is 0 Å². The van der Waals surface area contributed by atoms with Crippen LogP contribution in [-0.2, 0) is 29.0 Å². The van der Waals surface area contributed by atoms with E-state index in [-0.39, 0.29) is 11.3 Å². The first-order valence-corrected chi connectivity index (χ1v) is 15.5. The number of benzene rings is 2. The van der Waals surface area contributed by atoms with Crippen molar-refractivity contribution < 1.29 is 24.2 Å². The number of amides is 1. The molecule has 0 aromatic heterocycles. The van der Waals surface area contributed by atoms with Crippen molar-refractivity contribution in [3.8, 4) is 17.2 Å². The lowest BCUT2D eigenvalue weighted by Gasteiger charge is -2.50. The molecule has 41 heavy (non-hydrogen) atoms. The van der Waals surface area contributed by atoms with Crippen molar-refractivity contribution in [3.63, 3.8) is 0 Å². The number of rotatable bonds is 10. The van der Waals surface area contributed by atoms with Crippen molar-refractivity contribution in [2.75, 3.05) is 21.3 Å². The van der Waals surface area contributed by atoms with Crippen molar-refractivity contribution in [2.45, 2.75) is 90.5 Å². The maximum atomic E-state index is 13.4. The predicted molar refractivity (Wildman–Crippen MR) is 160 cm³/mol. The van der Waals surface area contributed by atoms with Gasteiger partial charge in [-0.3, -0.25) is 9.59 Å². The van der Waals surface area contributed by atoms with Gasteiger partial charge in [-0.15, -0.1) is 0 Å². The van der Waals surface area contributed by atoms with Gasteiger partial charge in [0.25, 0.3) is 0 Å². The van der Waals surface area contributed by atoms with Crippen LogP contribution in [0.4, 0.5) is 0 Å². The number of hydrogen-bond donors (Lipinski definition) is 1. The van der Waals surface area contributed by atoms with E-state index in [1.54, 1.807) is 19.1 Å². The molecule has 5 rings (SSSR count). The molecule has 6 nitrogen and oxygen atoms in total. The van der Waals surface area contributed by atoms with Crippen molar-refractivity contribution >= 4 is 11.7 Å². The van der Waals surface area contributed by atoms with Gasteiger partial charge in [0.15, 0.2) is 11.5 Å². The highest BCUT2D eigenvalue weighted by atomic mass is 16.5. The molecule has 0 aliphatic heterocycles. The molecule has 5 atom stereocenters. The Morgan fingerprint density at radius 1 is 1.12 bits per heavy atom. The molecule has 0 spiro atoms. The van der Waals surface area contributed by atoms with E-state index in [1.807, 2.05) is 31.3 Å². The van der Waals surface area contributed by atoms with E-state index in [0.717, 1.165) is 62.5 Å². The Balaban J connectivity index is 1.24. The number of aryl methyl sites for hydroxylation is 2. The molecule has 2 aromatic rings. The van der Waals surface area contributed by atoms with E-state index < -0.39 is 0 Å². The number of carbonyl (C=O) groups is 2. The SMILES string of the molecule is CCCc1cc2c(cc1O)CC[C@H]1[C@@H]3[C@H](CCCC(=O)N(C)Cc4ccc(OC)c(OC)c4)CC(=O)[C@@]3(C)CC[C@H]21. The average Bonchev–Trinajstić information content (AvgIpc) is 3.22. The van der Waals surface area contributed by atoms with Crippen molar-refractivity contribution in [2.24, 2.45) is 23.2 Å². The second-order valence-corrected chi connectivity index (χ2v) is 12.9. The van der Waals surface area contributed by atoms with Gasteiger partial charge in [-0.2, -0.15) is 0 Å². The summed E-state index contributed by atoms with van der Waals surface area (Å²) in [6, 6.07) is 10.1. The quantitative estimate of drug-likeness (QED) is 0.344. The Labute approximate surface area is 245 Å². The first-order valence-electron chi connectivity index (χ1n) is 15.5. The summed E-state index contributed by atoms with van der Waals surface area (Å²) in [4.78, 5) is 28.3. The summed E-state index contributed by atoms with van der Waals surface area (Å²) in [5, 5.41) is 10.6. The standard InChI is InChI=1S/C35H47NO5/c1-6-8-24-18-28-23(19-29(24)37)12-13-27-26(28)15-16-35(2)32(38)20-25(34(27)35)9-7-10-33(39)36(3)21-22-11-14-30(40-4)31(17-22)41-5/h11,14,17-19,25-27,34,37H,6-10,12-13,15-16,20-21H2,1-5H3/t25-,26+,27-,34+,35-/m1/s1. The Bertz CT molecular complexity index is 1290. The number of fused-ring (bicyclic) bond motifs is 5. The van der Waals surface area contributed by atoms with Crippen LogP contribution in [0.2, 0.25) is 0 Å². The summed E-state index contributed by atoms with van der Waals surface area (Å²) in [6.07, 6.45) is 8.86. The topological polar surface area (TPSA) is 76.1 Å². The van der Waals surface area contributed by atoms with Gasteiger partial charge in [-0.05, 0) is 109 Å². The van der Waals surface area contributed by atoms with Crippen LogP contribution in [-0.4, -0.2) is 43.0 Å². The summed E-state index contributed by atoms with van der Waals surface area (Å²) < 4.78 is 10.7. The number of phenols is 1. The van der Waals surface area contributed by atoms with Gasteiger partial charge in [0.1, 0.15) is 11.5 Å². The van der Waals surface area contributed by atoms with E-state index in [1.165, 1.54) is 11.1 Å². The lowest BCUT2D eigenvalue weighted by molar-refractivity contribution is -0.131. The third-order valence-corrected chi connectivity index (χ3v) is 10.5. The number of Topliss-reactive ketones (excluding diaryl/α,β-unsaturated/α-hetero) is 1. The fraction of sp³-hybridized carbons (Fsp3) is 0.600. The number of ketones is 1. The zero-order valence-electron chi connectivity index (χ0n) is 25.5. The van der Waals surface area contributed by atoms with Crippen LogP contribution in [0.5, 0.6) is 17.2 Å². The van der Waals surface area contributed by atoms with Crippen LogP contribution in [0, 0.1) is 23.2 Å². The fourth-order valence-electron chi connectivity index (χ4n) is 8.50. The molecule has 2 fully saturated rings. The number of carbonyl (C=O) groups excluding carboxylic acids is 2. The molecule has 0 unspecified atom stereocenters. The summed E-state index contributed by atoms with van der Waals surface area (Å²) in [6.45, 7) is 4.90. The summed E-state index contributed by atoms with van der Waals surface area (Å²) in [7, 11) is 5.08. The molecule has 3 aliphatic rings. The van der Waals surface area contributed by atoms with Crippen LogP contribution in [0.3, 0.4) is 0 Å². The zero-order chi connectivity index (χ0) is 29.3. The molecule has 222 valence electrons. The molecule has 1 amide bonds. The lowest BCUT2D eigenvalue weighted by Crippen LogP contribution is -2.44. The molecule has 3 aliphatic carbocycles. The van der Waals surface area contributed by atoms with Gasteiger partial charge < -0.3 is 19.5 Å². The van der Waals surface area contributed by atoms with Crippen LogP contribution < -0.4 is 9.47 Å². The molecule has 2 saturated carbocycles. The number of ether oxygens (including phenoxy) is 2. The number of phenolic OH excluding ortho intramolecular Hbond substituents is 1. The van der Waals surface area contributed by atoms with Crippen LogP contribution >= 0.6 is 0 Å². The van der Waals surface area contributed by atoms with Gasteiger partial charge >= 0.3 is 0 Å². The third-order valence-electron chi connectivity index (χ3n) is 10.5. The minimum absolute atomic E-state index is 0.128. The van der Waals surface area contributed by atoms with E-state index in [2.05, 4.69) is 19.9 Å². The monoisotopic (exact) mass is 561 g/mol. The highest BCUT2D eigenvalue weighted by Crippen LogP contribution is 2.62. The first-order chi connectivity index (χ1) is 19.7. The van der Waals surface area contributed by atoms with Crippen LogP contribution in [0.25, 0.3) is 0 Å². The second-order valence-electron chi connectivity index (χ2n) is 12.9. The molecule has 0 bridgehead atoms. The van der Waals surface area contributed by atoms with Gasteiger partial charge in [0, 0.05) is 31.8 Å². The Morgan fingerprint density at radius 3 is 2.63 bits per heavy atom. The summed E-state index contributed by atoms with van der Waals surface area (Å²) in [5.41, 5.74) is 4.55. The van der Waals surface area contributed by atoms with E-state index in [9.17, 15) is 14.7 Å². The minimum atomic E-state index is -0.235. The molecule has 6 heteroatoms. The molecule has 0 heterocycles. The molecular formula is C35H47NO5. The maximum Gasteiger partial charge on any atom is 0.222 e. The molecular weight excluding hydrogens is 514 g/mol. The number of methoxy groups -OCH3 is 2. The van der Waals surface area contributed by atoms with Gasteiger partial charge in [-0.25, -0.2) is 0 Å². The van der Waals surface area contributed by atoms with Gasteiger partial charge in [0.05, 0.1) is 14.2 Å². The number of aromatic hydroxyl groups is 1. The van der Waals surface area contributed by atoms with E-state index in [0.29, 0.717) is 66.1 Å². The molecule has 0 radical (unpaired) electrons. The predicted octanol–water partition coefficient (Wildman–Crippen LogP) is 6.84. The highest BCUT2D eigenvalue weighted by Gasteiger charge is 2.58. The zero-order valence-corrected chi connectivity index (χ0v) is 25.5.